The number of hydrogen-bond donors (Lipinski definition) is 1. The van der Waals surface area contributed by atoms with E-state index in [0.717, 1.165) is 18.4 Å². The van der Waals surface area contributed by atoms with E-state index in [-0.39, 0.29) is 6.10 Å². The first-order valence-corrected chi connectivity index (χ1v) is 6.74. The van der Waals surface area contributed by atoms with E-state index < -0.39 is 0 Å². The lowest BCUT2D eigenvalue weighted by Crippen LogP contribution is -2.20. The Morgan fingerprint density at radius 3 is 2.95 bits per heavy atom. The number of aliphatic hydroxyl groups excluding tert-OH is 1. The minimum Gasteiger partial charge on any atom is -0.392 e. The van der Waals surface area contributed by atoms with Crippen molar-refractivity contribution >= 4 is 0 Å². The van der Waals surface area contributed by atoms with Crippen LogP contribution in [0, 0.1) is 5.92 Å². The van der Waals surface area contributed by atoms with E-state index in [4.69, 9.17) is 4.52 Å². The second-order valence-electron chi connectivity index (χ2n) is 5.07. The molecular weight excluding hydrogens is 242 g/mol. The molecule has 0 radical (unpaired) electrons. The normalized spacial score (nSPS) is 17.7. The summed E-state index contributed by atoms with van der Waals surface area (Å²) < 4.78 is 5.20. The van der Waals surface area contributed by atoms with Crippen molar-refractivity contribution in [2.75, 3.05) is 0 Å². The molecule has 1 saturated carbocycles. The van der Waals surface area contributed by atoms with Gasteiger partial charge in [0, 0.05) is 18.0 Å². The predicted octanol–water partition coefficient (Wildman–Crippen LogP) is 2.23. The number of aromatic nitrogens is 3. The van der Waals surface area contributed by atoms with Crippen LogP contribution in [-0.4, -0.2) is 26.3 Å². The Balaban J connectivity index is 1.68. The lowest BCUT2D eigenvalue weighted by molar-refractivity contribution is 0.102. The number of hydrogen-bond acceptors (Lipinski definition) is 5. The molecule has 5 heteroatoms. The number of rotatable bonds is 4. The molecule has 100 valence electrons. The smallest absolute Gasteiger partial charge is 0.229 e. The Morgan fingerprint density at radius 2 is 2.21 bits per heavy atom. The minimum atomic E-state index is -0.371. The monoisotopic (exact) mass is 259 g/mol. The first-order chi connectivity index (χ1) is 9.33. The fourth-order valence-electron chi connectivity index (χ4n) is 2.64. The van der Waals surface area contributed by atoms with Crippen LogP contribution in [0.1, 0.15) is 31.6 Å². The van der Waals surface area contributed by atoms with Gasteiger partial charge >= 0.3 is 0 Å². The summed E-state index contributed by atoms with van der Waals surface area (Å²) in [5, 5.41) is 14.1. The van der Waals surface area contributed by atoms with Crippen molar-refractivity contribution in [3.63, 3.8) is 0 Å². The standard InChI is InChI=1S/C14H17N3O2/c18-12(10-4-1-2-5-10)8-13-16-14(17-19-13)11-6-3-7-15-9-11/h3,6-7,9-10,12,18H,1-2,4-5,8H2. The van der Waals surface area contributed by atoms with Gasteiger partial charge in [-0.25, -0.2) is 0 Å². The molecule has 5 nitrogen and oxygen atoms in total. The summed E-state index contributed by atoms with van der Waals surface area (Å²) in [6, 6.07) is 3.72. The van der Waals surface area contributed by atoms with Gasteiger partial charge in [-0.1, -0.05) is 18.0 Å². The quantitative estimate of drug-likeness (QED) is 0.911. The summed E-state index contributed by atoms with van der Waals surface area (Å²) in [6.45, 7) is 0. The van der Waals surface area contributed by atoms with Crippen LogP contribution in [0.2, 0.25) is 0 Å². The summed E-state index contributed by atoms with van der Waals surface area (Å²) in [5.74, 6) is 1.41. The van der Waals surface area contributed by atoms with Gasteiger partial charge in [-0.15, -0.1) is 0 Å². The molecule has 1 N–H and O–H groups in total. The van der Waals surface area contributed by atoms with E-state index in [2.05, 4.69) is 15.1 Å². The van der Waals surface area contributed by atoms with Gasteiger partial charge in [-0.2, -0.15) is 4.98 Å². The zero-order valence-corrected chi connectivity index (χ0v) is 10.7. The van der Waals surface area contributed by atoms with Gasteiger partial charge in [-0.3, -0.25) is 4.98 Å². The molecule has 0 saturated heterocycles. The van der Waals surface area contributed by atoms with Crippen molar-refractivity contribution in [3.05, 3.63) is 30.4 Å². The Bertz CT molecular complexity index is 520. The van der Waals surface area contributed by atoms with Crippen molar-refractivity contribution in [3.8, 4) is 11.4 Å². The number of pyridine rings is 1. The molecule has 1 aliphatic rings. The van der Waals surface area contributed by atoms with Crippen LogP contribution in [0.3, 0.4) is 0 Å². The second kappa shape index (κ2) is 5.48. The third kappa shape index (κ3) is 2.81. The third-order valence-electron chi connectivity index (χ3n) is 3.72. The summed E-state index contributed by atoms with van der Waals surface area (Å²) in [5.41, 5.74) is 0.827. The lowest BCUT2D eigenvalue weighted by Gasteiger charge is -2.14. The Morgan fingerprint density at radius 1 is 1.37 bits per heavy atom. The van der Waals surface area contributed by atoms with Gasteiger partial charge in [0.1, 0.15) is 0 Å². The Labute approximate surface area is 111 Å². The van der Waals surface area contributed by atoms with Crippen molar-refractivity contribution < 1.29 is 9.63 Å². The highest BCUT2D eigenvalue weighted by Crippen LogP contribution is 2.29. The number of aliphatic hydroxyl groups is 1. The van der Waals surface area contributed by atoms with Crippen molar-refractivity contribution in [1.29, 1.82) is 0 Å². The minimum absolute atomic E-state index is 0.371. The maximum Gasteiger partial charge on any atom is 0.229 e. The fraction of sp³-hybridized carbons (Fsp3) is 0.500. The lowest BCUT2D eigenvalue weighted by atomic mass is 9.98. The highest BCUT2D eigenvalue weighted by Gasteiger charge is 2.25. The van der Waals surface area contributed by atoms with E-state index in [1.54, 1.807) is 12.4 Å². The van der Waals surface area contributed by atoms with E-state index in [9.17, 15) is 5.11 Å². The van der Waals surface area contributed by atoms with Gasteiger partial charge in [0.05, 0.1) is 12.5 Å². The zero-order chi connectivity index (χ0) is 13.1. The van der Waals surface area contributed by atoms with Crippen LogP contribution in [0.5, 0.6) is 0 Å². The van der Waals surface area contributed by atoms with Gasteiger partial charge in [-0.05, 0) is 30.9 Å². The molecule has 0 bridgehead atoms. The van der Waals surface area contributed by atoms with Gasteiger partial charge < -0.3 is 9.63 Å². The summed E-state index contributed by atoms with van der Waals surface area (Å²) in [4.78, 5) is 8.34. The van der Waals surface area contributed by atoms with E-state index in [0.29, 0.717) is 24.1 Å². The molecule has 3 rings (SSSR count). The molecular formula is C14H17N3O2. The van der Waals surface area contributed by atoms with Crippen molar-refractivity contribution in [2.24, 2.45) is 5.92 Å². The molecule has 2 heterocycles. The average Bonchev–Trinajstić information content (AvgIpc) is 3.11. The summed E-state index contributed by atoms with van der Waals surface area (Å²) in [6.07, 6.45) is 8.10. The molecule has 1 atom stereocenters. The molecule has 19 heavy (non-hydrogen) atoms. The first-order valence-electron chi connectivity index (χ1n) is 6.74. The maximum absolute atomic E-state index is 10.1. The highest BCUT2D eigenvalue weighted by molar-refractivity contribution is 5.51. The van der Waals surface area contributed by atoms with Crippen LogP contribution in [-0.2, 0) is 6.42 Å². The molecule has 1 fully saturated rings. The molecule has 0 spiro atoms. The summed E-state index contributed by atoms with van der Waals surface area (Å²) >= 11 is 0. The maximum atomic E-state index is 10.1. The van der Waals surface area contributed by atoms with E-state index >= 15 is 0 Å². The van der Waals surface area contributed by atoms with Crippen LogP contribution >= 0.6 is 0 Å². The van der Waals surface area contributed by atoms with Crippen LogP contribution in [0.15, 0.2) is 29.0 Å². The molecule has 2 aromatic heterocycles. The zero-order valence-electron chi connectivity index (χ0n) is 10.7. The predicted molar refractivity (Wildman–Crippen MR) is 69.2 cm³/mol. The van der Waals surface area contributed by atoms with Gasteiger partial charge in [0.2, 0.25) is 11.7 Å². The molecule has 1 unspecified atom stereocenters. The molecule has 0 amide bonds. The van der Waals surface area contributed by atoms with Crippen LogP contribution in [0.25, 0.3) is 11.4 Å². The first kappa shape index (κ1) is 12.3. The van der Waals surface area contributed by atoms with Gasteiger partial charge in [0.25, 0.3) is 0 Å². The van der Waals surface area contributed by atoms with E-state index in [1.165, 1.54) is 12.8 Å². The van der Waals surface area contributed by atoms with Crippen LogP contribution < -0.4 is 0 Å². The third-order valence-corrected chi connectivity index (χ3v) is 3.72. The van der Waals surface area contributed by atoms with E-state index in [1.807, 2.05) is 12.1 Å². The topological polar surface area (TPSA) is 72.0 Å². The molecule has 2 aromatic rings. The number of nitrogens with zero attached hydrogens (tertiary/aromatic N) is 3. The Kier molecular flexibility index (Phi) is 3.55. The fourth-order valence-corrected chi connectivity index (χ4v) is 2.64. The molecule has 0 aromatic carbocycles. The average molecular weight is 259 g/mol. The Hall–Kier alpha value is -1.75. The van der Waals surface area contributed by atoms with Crippen molar-refractivity contribution in [1.82, 2.24) is 15.1 Å². The SMILES string of the molecule is OC(Cc1nc(-c2cccnc2)no1)C1CCCC1. The molecule has 0 aliphatic heterocycles. The molecule has 1 aliphatic carbocycles. The van der Waals surface area contributed by atoms with Crippen LogP contribution in [0.4, 0.5) is 0 Å². The summed E-state index contributed by atoms with van der Waals surface area (Å²) in [7, 11) is 0. The van der Waals surface area contributed by atoms with Crippen molar-refractivity contribution in [2.45, 2.75) is 38.2 Å². The highest BCUT2D eigenvalue weighted by atomic mass is 16.5. The second-order valence-corrected chi connectivity index (χ2v) is 5.07. The van der Waals surface area contributed by atoms with Gasteiger partial charge in [0.15, 0.2) is 0 Å². The largest absolute Gasteiger partial charge is 0.392 e.